The average molecular weight is 286 g/mol. The van der Waals surface area contributed by atoms with Crippen LogP contribution in [-0.4, -0.2) is 23.9 Å². The highest BCUT2D eigenvalue weighted by Crippen LogP contribution is 2.24. The van der Waals surface area contributed by atoms with Gasteiger partial charge in [0.05, 0.1) is 16.8 Å². The second-order valence-electron chi connectivity index (χ2n) is 4.42. The third-order valence-corrected chi connectivity index (χ3v) is 2.84. The maximum absolute atomic E-state index is 13.8. The van der Waals surface area contributed by atoms with Crippen molar-refractivity contribution in [3.63, 3.8) is 0 Å². The van der Waals surface area contributed by atoms with Gasteiger partial charge in [-0.3, -0.25) is 0 Å². The zero-order chi connectivity index (χ0) is 14.0. The molecule has 2 rings (SSSR count). The van der Waals surface area contributed by atoms with Crippen LogP contribution in [0, 0.1) is 5.82 Å². The fourth-order valence-electron chi connectivity index (χ4n) is 1.70. The summed E-state index contributed by atoms with van der Waals surface area (Å²) in [6.45, 7) is 3.48. The van der Waals surface area contributed by atoms with Gasteiger partial charge in [-0.1, -0.05) is 22.8 Å². The lowest BCUT2D eigenvalue weighted by Gasteiger charge is -2.11. The number of esters is 1. The fraction of sp³-hybridized carbons (Fsp3) is 0.385. The average Bonchev–Trinajstić information content (AvgIpc) is 2.81. The second kappa shape index (κ2) is 5.57. The van der Waals surface area contributed by atoms with Crippen LogP contribution in [0.15, 0.2) is 23.4 Å². The number of oxime groups is 1. The first-order valence-corrected chi connectivity index (χ1v) is 6.24. The number of rotatable bonds is 3. The van der Waals surface area contributed by atoms with E-state index in [9.17, 15) is 9.18 Å². The van der Waals surface area contributed by atoms with Crippen molar-refractivity contribution in [1.82, 2.24) is 0 Å². The monoisotopic (exact) mass is 285 g/mol. The molecule has 4 nitrogen and oxygen atoms in total. The molecule has 1 aromatic carbocycles. The first kappa shape index (κ1) is 13.8. The summed E-state index contributed by atoms with van der Waals surface area (Å²) in [6.07, 6.45) is -0.887. The van der Waals surface area contributed by atoms with Gasteiger partial charge >= 0.3 is 5.97 Å². The standard InChI is InChI=1S/C13H13ClFNO3/c1-7(2)18-13(17)11-6-10(16-19-11)8-4-3-5-9(14)12(8)15/h3-5,7,11H,6H2,1-2H3. The van der Waals surface area contributed by atoms with E-state index in [1.807, 2.05) is 0 Å². The Labute approximate surface area is 115 Å². The molecule has 1 unspecified atom stereocenters. The lowest BCUT2D eigenvalue weighted by atomic mass is 10.0. The Morgan fingerprint density at radius 3 is 3.00 bits per heavy atom. The summed E-state index contributed by atoms with van der Waals surface area (Å²) in [5.41, 5.74) is 0.595. The van der Waals surface area contributed by atoms with Crippen molar-refractivity contribution in [1.29, 1.82) is 0 Å². The van der Waals surface area contributed by atoms with E-state index < -0.39 is 17.9 Å². The predicted octanol–water partition coefficient (Wildman–Crippen LogP) is 2.92. The Morgan fingerprint density at radius 1 is 1.58 bits per heavy atom. The number of ether oxygens (including phenoxy) is 1. The number of carbonyl (C=O) groups is 1. The molecule has 0 saturated carbocycles. The van der Waals surface area contributed by atoms with E-state index in [-0.39, 0.29) is 23.1 Å². The molecule has 0 spiro atoms. The molecule has 1 aromatic rings. The van der Waals surface area contributed by atoms with E-state index in [2.05, 4.69) is 5.16 Å². The maximum Gasteiger partial charge on any atom is 0.350 e. The van der Waals surface area contributed by atoms with Crippen molar-refractivity contribution < 1.29 is 18.8 Å². The van der Waals surface area contributed by atoms with Crippen molar-refractivity contribution in [2.24, 2.45) is 5.16 Å². The SMILES string of the molecule is CC(C)OC(=O)C1CC(c2cccc(Cl)c2F)=NO1. The highest BCUT2D eigenvalue weighted by Gasteiger charge is 2.32. The van der Waals surface area contributed by atoms with E-state index in [1.165, 1.54) is 6.07 Å². The molecule has 1 atom stereocenters. The van der Waals surface area contributed by atoms with E-state index >= 15 is 0 Å². The Kier molecular flexibility index (Phi) is 4.04. The van der Waals surface area contributed by atoms with Crippen LogP contribution >= 0.6 is 11.6 Å². The molecule has 0 radical (unpaired) electrons. The number of hydrogen-bond acceptors (Lipinski definition) is 4. The quantitative estimate of drug-likeness (QED) is 0.802. The minimum atomic E-state index is -0.823. The van der Waals surface area contributed by atoms with Gasteiger partial charge in [-0.15, -0.1) is 0 Å². The number of carbonyl (C=O) groups excluding carboxylic acids is 1. The van der Waals surface area contributed by atoms with Crippen LogP contribution in [0.25, 0.3) is 0 Å². The highest BCUT2D eigenvalue weighted by atomic mass is 35.5. The smallest absolute Gasteiger partial charge is 0.350 e. The summed E-state index contributed by atoms with van der Waals surface area (Å²) in [4.78, 5) is 16.6. The van der Waals surface area contributed by atoms with Crippen LogP contribution in [-0.2, 0) is 14.4 Å². The largest absolute Gasteiger partial charge is 0.460 e. The summed E-state index contributed by atoms with van der Waals surface area (Å²) >= 11 is 5.70. The maximum atomic E-state index is 13.8. The zero-order valence-corrected chi connectivity index (χ0v) is 11.3. The molecular weight excluding hydrogens is 273 g/mol. The Balaban J connectivity index is 2.10. The number of halogens is 2. The summed E-state index contributed by atoms with van der Waals surface area (Å²) in [6, 6.07) is 4.60. The van der Waals surface area contributed by atoms with E-state index in [0.717, 1.165) is 0 Å². The molecule has 0 amide bonds. The lowest BCUT2D eigenvalue weighted by Crippen LogP contribution is -2.26. The Bertz CT molecular complexity index is 531. The molecule has 6 heteroatoms. The molecule has 102 valence electrons. The molecule has 1 heterocycles. The predicted molar refractivity (Wildman–Crippen MR) is 68.7 cm³/mol. The van der Waals surface area contributed by atoms with Gasteiger partial charge in [0.15, 0.2) is 5.82 Å². The van der Waals surface area contributed by atoms with Crippen molar-refractivity contribution >= 4 is 23.3 Å². The van der Waals surface area contributed by atoms with Gasteiger partial charge in [0, 0.05) is 12.0 Å². The van der Waals surface area contributed by atoms with Gasteiger partial charge in [0.25, 0.3) is 0 Å². The first-order valence-electron chi connectivity index (χ1n) is 5.86. The van der Waals surface area contributed by atoms with Crippen LogP contribution in [0.5, 0.6) is 0 Å². The minimum Gasteiger partial charge on any atom is -0.460 e. The molecule has 0 N–H and O–H groups in total. The van der Waals surface area contributed by atoms with Gasteiger partial charge < -0.3 is 9.57 Å². The molecule has 1 aliphatic rings. The van der Waals surface area contributed by atoms with Crippen molar-refractivity contribution in [2.75, 3.05) is 0 Å². The second-order valence-corrected chi connectivity index (χ2v) is 4.83. The fourth-order valence-corrected chi connectivity index (χ4v) is 1.87. The van der Waals surface area contributed by atoms with Crippen molar-refractivity contribution in [2.45, 2.75) is 32.5 Å². The molecule has 0 aromatic heterocycles. The summed E-state index contributed by atoms with van der Waals surface area (Å²) in [5.74, 6) is -1.07. The summed E-state index contributed by atoms with van der Waals surface area (Å²) < 4.78 is 18.8. The molecule has 0 aliphatic carbocycles. The van der Waals surface area contributed by atoms with Gasteiger partial charge in [-0.05, 0) is 26.0 Å². The van der Waals surface area contributed by atoms with Gasteiger partial charge in [-0.25, -0.2) is 9.18 Å². The van der Waals surface area contributed by atoms with E-state index in [1.54, 1.807) is 26.0 Å². The zero-order valence-electron chi connectivity index (χ0n) is 10.5. The topological polar surface area (TPSA) is 47.9 Å². The first-order chi connectivity index (χ1) is 8.99. The number of benzene rings is 1. The summed E-state index contributed by atoms with van der Waals surface area (Å²) in [7, 11) is 0. The van der Waals surface area contributed by atoms with E-state index in [4.69, 9.17) is 21.2 Å². The minimum absolute atomic E-state index is 0.00778. The lowest BCUT2D eigenvalue weighted by molar-refractivity contribution is -0.159. The number of hydrogen-bond donors (Lipinski definition) is 0. The number of nitrogens with zero attached hydrogens (tertiary/aromatic N) is 1. The molecule has 0 bridgehead atoms. The molecular formula is C13H13ClFNO3. The Hall–Kier alpha value is -1.62. The van der Waals surface area contributed by atoms with Crippen LogP contribution in [0.3, 0.4) is 0 Å². The molecule has 0 saturated heterocycles. The Morgan fingerprint density at radius 2 is 2.32 bits per heavy atom. The van der Waals surface area contributed by atoms with Gasteiger partial charge in [-0.2, -0.15) is 0 Å². The van der Waals surface area contributed by atoms with Crippen LogP contribution < -0.4 is 0 Å². The molecule has 1 aliphatic heterocycles. The van der Waals surface area contributed by atoms with Gasteiger partial charge in [0.2, 0.25) is 6.10 Å². The third kappa shape index (κ3) is 3.04. The van der Waals surface area contributed by atoms with E-state index in [0.29, 0.717) is 5.71 Å². The summed E-state index contributed by atoms with van der Waals surface area (Å²) in [5, 5.41) is 3.74. The normalized spacial score (nSPS) is 18.2. The molecule has 19 heavy (non-hydrogen) atoms. The van der Waals surface area contributed by atoms with Crippen LogP contribution in [0.2, 0.25) is 5.02 Å². The van der Waals surface area contributed by atoms with Crippen molar-refractivity contribution in [3.8, 4) is 0 Å². The van der Waals surface area contributed by atoms with Gasteiger partial charge in [0.1, 0.15) is 0 Å². The third-order valence-electron chi connectivity index (χ3n) is 2.55. The molecule has 0 fully saturated rings. The van der Waals surface area contributed by atoms with Crippen LogP contribution in [0.4, 0.5) is 4.39 Å². The van der Waals surface area contributed by atoms with Crippen LogP contribution in [0.1, 0.15) is 25.8 Å². The highest BCUT2D eigenvalue weighted by molar-refractivity contribution is 6.31. The van der Waals surface area contributed by atoms with Crippen molar-refractivity contribution in [3.05, 3.63) is 34.6 Å².